The molecule has 2 aromatic rings. The van der Waals surface area contributed by atoms with Gasteiger partial charge in [0.15, 0.2) is 0 Å². The summed E-state index contributed by atoms with van der Waals surface area (Å²) in [5.41, 5.74) is 3.15. The number of carbonyl (C=O) groups excluding carboxylic acids is 3. The van der Waals surface area contributed by atoms with Crippen molar-refractivity contribution in [2.45, 2.75) is 46.7 Å². The fourth-order valence-electron chi connectivity index (χ4n) is 4.22. The van der Waals surface area contributed by atoms with Crippen molar-refractivity contribution in [3.63, 3.8) is 0 Å². The molecule has 2 aromatic heterocycles. The Morgan fingerprint density at radius 2 is 2.00 bits per heavy atom. The summed E-state index contributed by atoms with van der Waals surface area (Å²) < 4.78 is 1.87. The highest BCUT2D eigenvalue weighted by Crippen LogP contribution is 2.41. The van der Waals surface area contributed by atoms with Gasteiger partial charge in [-0.25, -0.2) is 0 Å². The molecule has 0 saturated heterocycles. The number of anilines is 1. The van der Waals surface area contributed by atoms with Crippen molar-refractivity contribution in [3.05, 3.63) is 33.5 Å². The molecule has 0 atom stereocenters. The fraction of sp³-hybridized carbons (Fsp3) is 0.524. The fourth-order valence-corrected chi connectivity index (χ4v) is 5.66. The molecule has 9 heteroatoms. The Morgan fingerprint density at radius 1 is 1.23 bits per heavy atom. The van der Waals surface area contributed by atoms with Crippen LogP contribution in [0.3, 0.4) is 0 Å². The lowest BCUT2D eigenvalue weighted by Gasteiger charge is -2.27. The molecular formula is C21H27N5O3S. The summed E-state index contributed by atoms with van der Waals surface area (Å²) in [5.74, 6) is -0.211. The molecule has 4 heterocycles. The van der Waals surface area contributed by atoms with E-state index < -0.39 is 0 Å². The standard InChI is InChI=1S/C21H27N5O3S/c1-5-8-26-13(3)15(10-22-26)19(28)24-9-7-14-16(11-24)30-21-18(14)20(29)23(4)12-17(27)25(21)6-2/h10H,5-9,11-12H2,1-4H3. The summed E-state index contributed by atoms with van der Waals surface area (Å²) in [6.45, 7) is 8.33. The average molecular weight is 430 g/mol. The number of amides is 3. The number of nitrogens with zero attached hydrogens (tertiary/aromatic N) is 5. The van der Waals surface area contributed by atoms with Gasteiger partial charge in [-0.1, -0.05) is 6.92 Å². The second-order valence-corrected chi connectivity index (χ2v) is 8.91. The van der Waals surface area contributed by atoms with Gasteiger partial charge in [-0.05, 0) is 32.3 Å². The van der Waals surface area contributed by atoms with Crippen molar-refractivity contribution in [1.82, 2.24) is 19.6 Å². The number of aromatic nitrogens is 2. The topological polar surface area (TPSA) is 78.8 Å². The summed E-state index contributed by atoms with van der Waals surface area (Å²) in [7, 11) is 1.67. The highest BCUT2D eigenvalue weighted by Gasteiger charge is 2.37. The molecule has 2 aliphatic rings. The van der Waals surface area contributed by atoms with Gasteiger partial charge in [0.1, 0.15) is 11.5 Å². The third-order valence-corrected chi connectivity index (χ3v) is 7.13. The number of hydrogen-bond acceptors (Lipinski definition) is 5. The van der Waals surface area contributed by atoms with Crippen molar-refractivity contribution in [1.29, 1.82) is 0 Å². The first-order chi connectivity index (χ1) is 14.4. The molecule has 0 aliphatic carbocycles. The monoisotopic (exact) mass is 429 g/mol. The quantitative estimate of drug-likeness (QED) is 0.747. The first kappa shape index (κ1) is 20.6. The third-order valence-electron chi connectivity index (χ3n) is 5.89. The Bertz CT molecular complexity index is 1020. The lowest BCUT2D eigenvalue weighted by atomic mass is 10.0. The number of aryl methyl sites for hydroxylation is 1. The van der Waals surface area contributed by atoms with Crippen LogP contribution in [-0.2, 0) is 24.3 Å². The van der Waals surface area contributed by atoms with Gasteiger partial charge in [-0.2, -0.15) is 5.10 Å². The van der Waals surface area contributed by atoms with Gasteiger partial charge in [0.2, 0.25) is 5.91 Å². The predicted octanol–water partition coefficient (Wildman–Crippen LogP) is 2.30. The highest BCUT2D eigenvalue weighted by atomic mass is 32.1. The van der Waals surface area contributed by atoms with Crippen molar-refractivity contribution in [2.24, 2.45) is 0 Å². The van der Waals surface area contributed by atoms with Crippen molar-refractivity contribution >= 4 is 34.1 Å². The Hall–Kier alpha value is -2.68. The lowest BCUT2D eigenvalue weighted by Crippen LogP contribution is -2.38. The lowest BCUT2D eigenvalue weighted by molar-refractivity contribution is -0.118. The number of thiophene rings is 1. The van der Waals surface area contributed by atoms with Crippen LogP contribution in [0.4, 0.5) is 5.00 Å². The molecule has 2 aliphatic heterocycles. The predicted molar refractivity (Wildman–Crippen MR) is 115 cm³/mol. The molecule has 0 radical (unpaired) electrons. The Kier molecular flexibility index (Phi) is 5.40. The maximum absolute atomic E-state index is 13.2. The van der Waals surface area contributed by atoms with Gasteiger partial charge in [-0.15, -0.1) is 11.3 Å². The van der Waals surface area contributed by atoms with E-state index in [0.29, 0.717) is 37.2 Å². The zero-order chi connectivity index (χ0) is 21.6. The smallest absolute Gasteiger partial charge is 0.257 e. The van der Waals surface area contributed by atoms with E-state index in [1.807, 2.05) is 23.4 Å². The van der Waals surface area contributed by atoms with E-state index in [-0.39, 0.29) is 24.3 Å². The van der Waals surface area contributed by atoms with E-state index in [9.17, 15) is 14.4 Å². The molecule has 160 valence electrons. The van der Waals surface area contributed by atoms with Crippen LogP contribution in [0.5, 0.6) is 0 Å². The number of hydrogen-bond donors (Lipinski definition) is 0. The van der Waals surface area contributed by atoms with Gasteiger partial charge in [0.25, 0.3) is 11.8 Å². The van der Waals surface area contributed by atoms with E-state index in [0.717, 1.165) is 34.1 Å². The van der Waals surface area contributed by atoms with Crippen LogP contribution in [0.2, 0.25) is 0 Å². The van der Waals surface area contributed by atoms with Gasteiger partial charge in [0.05, 0.1) is 23.9 Å². The first-order valence-electron chi connectivity index (χ1n) is 10.4. The zero-order valence-electron chi connectivity index (χ0n) is 17.9. The minimum absolute atomic E-state index is 0.0315. The molecule has 30 heavy (non-hydrogen) atoms. The summed E-state index contributed by atoms with van der Waals surface area (Å²) in [5, 5.41) is 5.08. The zero-order valence-corrected chi connectivity index (χ0v) is 18.7. The molecule has 8 nitrogen and oxygen atoms in total. The largest absolute Gasteiger partial charge is 0.333 e. The minimum atomic E-state index is -0.108. The summed E-state index contributed by atoms with van der Waals surface area (Å²) >= 11 is 1.47. The van der Waals surface area contributed by atoms with Crippen molar-refractivity contribution in [3.8, 4) is 0 Å². The highest BCUT2D eigenvalue weighted by molar-refractivity contribution is 7.17. The second kappa shape index (κ2) is 7.86. The van der Waals surface area contributed by atoms with E-state index >= 15 is 0 Å². The molecule has 4 rings (SSSR count). The average Bonchev–Trinajstić information content (AvgIpc) is 3.25. The van der Waals surface area contributed by atoms with Crippen LogP contribution >= 0.6 is 11.3 Å². The van der Waals surface area contributed by atoms with Crippen LogP contribution in [0.1, 0.15) is 57.1 Å². The normalized spacial score (nSPS) is 16.6. The van der Waals surface area contributed by atoms with Gasteiger partial charge < -0.3 is 14.7 Å². The molecule has 0 bridgehead atoms. The molecular weight excluding hydrogens is 402 g/mol. The maximum Gasteiger partial charge on any atom is 0.257 e. The molecule has 0 aromatic carbocycles. The molecule has 0 saturated carbocycles. The molecule has 3 amide bonds. The molecule has 0 unspecified atom stereocenters. The van der Waals surface area contributed by atoms with Gasteiger partial charge in [-0.3, -0.25) is 19.1 Å². The van der Waals surface area contributed by atoms with Crippen LogP contribution < -0.4 is 4.90 Å². The summed E-state index contributed by atoms with van der Waals surface area (Å²) in [6.07, 6.45) is 3.22. The number of rotatable bonds is 4. The van der Waals surface area contributed by atoms with Crippen LogP contribution in [-0.4, -0.2) is 64.0 Å². The van der Waals surface area contributed by atoms with Crippen molar-refractivity contribution in [2.75, 3.05) is 31.6 Å². The summed E-state index contributed by atoms with van der Waals surface area (Å²) in [4.78, 5) is 44.8. The second-order valence-electron chi connectivity index (χ2n) is 7.83. The number of likely N-dealkylation sites (N-methyl/N-ethyl adjacent to an activating group) is 2. The van der Waals surface area contributed by atoms with Crippen LogP contribution in [0.25, 0.3) is 0 Å². The van der Waals surface area contributed by atoms with E-state index in [4.69, 9.17) is 0 Å². The first-order valence-corrected chi connectivity index (χ1v) is 11.2. The Balaban J connectivity index is 1.66. The molecule has 0 fully saturated rings. The molecule has 0 N–H and O–H groups in total. The van der Waals surface area contributed by atoms with E-state index in [1.165, 1.54) is 16.2 Å². The molecule has 0 spiro atoms. The maximum atomic E-state index is 13.2. The van der Waals surface area contributed by atoms with Gasteiger partial charge in [0, 0.05) is 37.3 Å². The minimum Gasteiger partial charge on any atom is -0.333 e. The number of fused-ring (bicyclic) bond motifs is 3. The summed E-state index contributed by atoms with van der Waals surface area (Å²) in [6, 6.07) is 0. The van der Waals surface area contributed by atoms with Gasteiger partial charge >= 0.3 is 0 Å². The Labute approximate surface area is 180 Å². The van der Waals surface area contributed by atoms with Crippen molar-refractivity contribution < 1.29 is 14.4 Å². The van der Waals surface area contributed by atoms with E-state index in [2.05, 4.69) is 12.0 Å². The van der Waals surface area contributed by atoms with Crippen LogP contribution in [0, 0.1) is 6.92 Å². The van der Waals surface area contributed by atoms with E-state index in [1.54, 1.807) is 18.1 Å². The number of carbonyl (C=O) groups is 3. The van der Waals surface area contributed by atoms with Crippen LogP contribution in [0.15, 0.2) is 6.20 Å². The third kappa shape index (κ3) is 3.21. The Morgan fingerprint density at radius 3 is 2.70 bits per heavy atom. The SMILES string of the molecule is CCCn1ncc(C(=O)N2CCc3c(sc4c3C(=O)N(C)CC(=O)N4CC)C2)c1C.